The van der Waals surface area contributed by atoms with Crippen molar-refractivity contribution in [3.05, 3.63) is 83.3 Å². The zero-order valence-corrected chi connectivity index (χ0v) is 20.5. The lowest BCUT2D eigenvalue weighted by Crippen LogP contribution is -2.47. The Morgan fingerprint density at radius 1 is 1.12 bits per heavy atom. The van der Waals surface area contributed by atoms with E-state index in [0.717, 1.165) is 46.6 Å². The first-order valence-electron chi connectivity index (χ1n) is 11.5. The monoisotopic (exact) mass is 489 g/mol. The summed E-state index contributed by atoms with van der Waals surface area (Å²) in [5, 5.41) is 7.44. The van der Waals surface area contributed by atoms with E-state index in [0.29, 0.717) is 6.54 Å². The average Bonchev–Trinajstić information content (AvgIpc) is 3.24. The highest BCUT2D eigenvalue weighted by molar-refractivity contribution is 8.00. The number of hydrogen-bond acceptors (Lipinski definition) is 5. The maximum absolute atomic E-state index is 13.4. The molecule has 2 amide bonds. The van der Waals surface area contributed by atoms with Crippen molar-refractivity contribution >= 4 is 45.6 Å². The molecule has 0 saturated carbocycles. The molecule has 3 aromatic rings. The summed E-state index contributed by atoms with van der Waals surface area (Å²) in [6.45, 7) is 4.27. The van der Waals surface area contributed by atoms with Crippen molar-refractivity contribution in [2.45, 2.75) is 31.2 Å². The number of thiophene rings is 1. The SMILES string of the molecule is C=CCN1C(=O)c2c(sc3c2CCCC3)NC1SCC(=O)Nc1ccc(-c2ccccc2)cc1. The van der Waals surface area contributed by atoms with Crippen LogP contribution in [0.1, 0.15) is 33.6 Å². The predicted octanol–water partition coefficient (Wildman–Crippen LogP) is 6.00. The van der Waals surface area contributed by atoms with Crippen LogP contribution in [0.25, 0.3) is 11.1 Å². The van der Waals surface area contributed by atoms with E-state index in [9.17, 15) is 9.59 Å². The van der Waals surface area contributed by atoms with Gasteiger partial charge in [0.2, 0.25) is 5.91 Å². The average molecular weight is 490 g/mol. The molecule has 0 spiro atoms. The Kier molecular flexibility index (Phi) is 6.74. The fourth-order valence-electron chi connectivity index (χ4n) is 4.51. The molecule has 5 rings (SSSR count). The molecular weight excluding hydrogens is 462 g/mol. The van der Waals surface area contributed by atoms with Crippen LogP contribution >= 0.6 is 23.1 Å². The maximum atomic E-state index is 13.4. The van der Waals surface area contributed by atoms with Crippen molar-refractivity contribution in [1.82, 2.24) is 4.90 Å². The number of hydrogen-bond donors (Lipinski definition) is 2. The molecule has 0 radical (unpaired) electrons. The Balaban J connectivity index is 1.24. The van der Waals surface area contributed by atoms with Crippen LogP contribution in [-0.4, -0.2) is 34.5 Å². The van der Waals surface area contributed by atoms with Crippen LogP contribution in [0.2, 0.25) is 0 Å². The quantitative estimate of drug-likeness (QED) is 0.400. The van der Waals surface area contributed by atoms with Gasteiger partial charge in [-0.1, -0.05) is 48.5 Å². The molecule has 34 heavy (non-hydrogen) atoms. The van der Waals surface area contributed by atoms with Crippen LogP contribution < -0.4 is 10.6 Å². The number of amides is 2. The summed E-state index contributed by atoms with van der Waals surface area (Å²) in [5.74, 6) is 0.184. The molecule has 0 saturated heterocycles. The van der Waals surface area contributed by atoms with E-state index in [-0.39, 0.29) is 23.1 Å². The third-order valence-corrected chi connectivity index (χ3v) is 8.50. The van der Waals surface area contributed by atoms with Crippen molar-refractivity contribution in [2.24, 2.45) is 0 Å². The maximum Gasteiger partial charge on any atom is 0.259 e. The third-order valence-electron chi connectivity index (χ3n) is 6.16. The zero-order valence-electron chi connectivity index (χ0n) is 18.9. The molecule has 1 aromatic heterocycles. The Morgan fingerprint density at radius 3 is 2.62 bits per heavy atom. The van der Waals surface area contributed by atoms with Crippen molar-refractivity contribution in [2.75, 3.05) is 22.9 Å². The van der Waals surface area contributed by atoms with Gasteiger partial charge in [0.05, 0.1) is 11.3 Å². The summed E-state index contributed by atoms with van der Waals surface area (Å²) in [4.78, 5) is 29.2. The first-order chi connectivity index (χ1) is 16.6. The van der Waals surface area contributed by atoms with Gasteiger partial charge in [-0.2, -0.15) is 0 Å². The standard InChI is InChI=1S/C27H27N3O2S2/c1-2-16-30-26(32)24-21-10-6-7-11-22(21)34-25(24)29-27(30)33-17-23(31)28-20-14-12-19(13-15-20)18-8-4-3-5-9-18/h2-5,8-9,12-15,27,29H,1,6-7,10-11,16-17H2,(H,28,31). The zero-order chi connectivity index (χ0) is 23.5. The second-order valence-corrected chi connectivity index (χ2v) is 10.6. The first-order valence-corrected chi connectivity index (χ1v) is 13.4. The molecule has 2 N–H and O–H groups in total. The van der Waals surface area contributed by atoms with E-state index in [2.05, 4.69) is 29.3 Å². The highest BCUT2D eigenvalue weighted by atomic mass is 32.2. The Labute approximate surface area is 208 Å². The lowest BCUT2D eigenvalue weighted by Gasteiger charge is -2.35. The number of nitrogens with zero attached hydrogens (tertiary/aromatic N) is 1. The molecule has 2 heterocycles. The fourth-order valence-corrected chi connectivity index (χ4v) is 6.83. The second-order valence-electron chi connectivity index (χ2n) is 8.46. The molecule has 2 aliphatic rings. The lowest BCUT2D eigenvalue weighted by atomic mass is 9.94. The number of rotatable bonds is 7. The van der Waals surface area contributed by atoms with Gasteiger partial charge in [-0.3, -0.25) is 9.59 Å². The van der Waals surface area contributed by atoms with Crippen molar-refractivity contribution in [1.29, 1.82) is 0 Å². The predicted molar refractivity (Wildman–Crippen MR) is 143 cm³/mol. The summed E-state index contributed by atoms with van der Waals surface area (Å²) >= 11 is 3.13. The largest absolute Gasteiger partial charge is 0.348 e. The molecule has 1 aliphatic heterocycles. The minimum absolute atomic E-state index is 0.0439. The van der Waals surface area contributed by atoms with E-state index in [4.69, 9.17) is 0 Å². The summed E-state index contributed by atoms with van der Waals surface area (Å²) < 4.78 is 0. The number of thioether (sulfide) groups is 1. The molecule has 174 valence electrons. The summed E-state index contributed by atoms with van der Waals surface area (Å²) in [7, 11) is 0. The number of benzene rings is 2. The van der Waals surface area contributed by atoms with Gasteiger partial charge in [-0.05, 0) is 54.5 Å². The van der Waals surface area contributed by atoms with Crippen LogP contribution in [0.4, 0.5) is 10.7 Å². The van der Waals surface area contributed by atoms with Crippen LogP contribution in [-0.2, 0) is 17.6 Å². The van der Waals surface area contributed by atoms with E-state index >= 15 is 0 Å². The molecular formula is C27H27N3O2S2. The van der Waals surface area contributed by atoms with Crippen LogP contribution in [0.3, 0.4) is 0 Å². The molecule has 1 unspecified atom stereocenters. The van der Waals surface area contributed by atoms with Crippen LogP contribution in [0.5, 0.6) is 0 Å². The number of fused-ring (bicyclic) bond motifs is 3. The number of aryl methyl sites for hydroxylation is 1. The fraction of sp³-hybridized carbons (Fsp3) is 0.259. The van der Waals surface area contributed by atoms with Crippen molar-refractivity contribution in [3.8, 4) is 11.1 Å². The normalized spacial score (nSPS) is 16.9. The summed E-state index contributed by atoms with van der Waals surface area (Å²) in [6.07, 6.45) is 6.08. The molecule has 2 aromatic carbocycles. The van der Waals surface area contributed by atoms with E-state index in [1.807, 2.05) is 42.5 Å². The molecule has 0 fully saturated rings. The molecule has 0 bridgehead atoms. The Bertz CT molecular complexity index is 1200. The van der Waals surface area contributed by atoms with E-state index < -0.39 is 0 Å². The van der Waals surface area contributed by atoms with Gasteiger partial charge >= 0.3 is 0 Å². The highest BCUT2D eigenvalue weighted by Crippen LogP contribution is 2.42. The molecule has 1 aliphatic carbocycles. The van der Waals surface area contributed by atoms with Crippen LogP contribution in [0, 0.1) is 0 Å². The molecule has 5 nitrogen and oxygen atoms in total. The summed E-state index contributed by atoms with van der Waals surface area (Å²) in [5.41, 5.74) is 4.76. The second kappa shape index (κ2) is 10.1. The summed E-state index contributed by atoms with van der Waals surface area (Å²) in [6, 6.07) is 18.0. The Hall–Kier alpha value is -3.03. The van der Waals surface area contributed by atoms with Gasteiger partial charge < -0.3 is 15.5 Å². The Morgan fingerprint density at radius 2 is 1.85 bits per heavy atom. The smallest absolute Gasteiger partial charge is 0.259 e. The topological polar surface area (TPSA) is 61.4 Å². The van der Waals surface area contributed by atoms with E-state index in [1.54, 1.807) is 22.3 Å². The van der Waals surface area contributed by atoms with Gasteiger partial charge in [0, 0.05) is 17.1 Å². The third kappa shape index (κ3) is 4.63. The van der Waals surface area contributed by atoms with Gasteiger partial charge in [-0.15, -0.1) is 29.7 Å². The first kappa shape index (κ1) is 22.7. The van der Waals surface area contributed by atoms with Gasteiger partial charge in [0.25, 0.3) is 5.91 Å². The minimum Gasteiger partial charge on any atom is -0.348 e. The van der Waals surface area contributed by atoms with Gasteiger partial charge in [0.15, 0.2) is 5.50 Å². The van der Waals surface area contributed by atoms with Gasteiger partial charge in [0.1, 0.15) is 5.00 Å². The molecule has 1 atom stereocenters. The molecule has 7 heteroatoms. The number of carbonyl (C=O) groups is 2. The number of carbonyl (C=O) groups excluding carboxylic acids is 2. The van der Waals surface area contributed by atoms with E-state index in [1.165, 1.54) is 28.6 Å². The minimum atomic E-state index is -0.302. The van der Waals surface area contributed by atoms with Crippen LogP contribution in [0.15, 0.2) is 67.3 Å². The lowest BCUT2D eigenvalue weighted by molar-refractivity contribution is -0.113. The highest BCUT2D eigenvalue weighted by Gasteiger charge is 2.37. The van der Waals surface area contributed by atoms with Gasteiger partial charge in [-0.25, -0.2) is 0 Å². The van der Waals surface area contributed by atoms with Crippen molar-refractivity contribution in [3.63, 3.8) is 0 Å². The number of nitrogens with one attached hydrogen (secondary N) is 2. The number of anilines is 2. The van der Waals surface area contributed by atoms with Crippen molar-refractivity contribution < 1.29 is 9.59 Å².